The van der Waals surface area contributed by atoms with E-state index in [0.717, 1.165) is 17.7 Å². The second-order valence-electron chi connectivity index (χ2n) is 6.84. The first-order valence-electron chi connectivity index (χ1n) is 8.16. The van der Waals surface area contributed by atoms with Crippen LogP contribution in [-0.4, -0.2) is 19.9 Å². The highest BCUT2D eigenvalue weighted by atomic mass is 32.2. The molecular formula is C19H24N2O3S. The molecule has 0 unspecified atom stereocenters. The monoisotopic (exact) mass is 360 g/mol. The van der Waals surface area contributed by atoms with Crippen LogP contribution in [0.4, 0.5) is 5.69 Å². The molecule has 0 atom stereocenters. The van der Waals surface area contributed by atoms with E-state index in [9.17, 15) is 13.2 Å². The van der Waals surface area contributed by atoms with Crippen molar-refractivity contribution in [2.75, 3.05) is 5.32 Å². The van der Waals surface area contributed by atoms with Crippen LogP contribution in [0.5, 0.6) is 0 Å². The number of anilines is 1. The zero-order chi connectivity index (χ0) is 18.7. The normalized spacial score (nSPS) is 12.0. The fraction of sp³-hybridized carbons (Fsp3) is 0.316. The summed E-state index contributed by atoms with van der Waals surface area (Å²) in [5, 5.41) is 2.87. The highest BCUT2D eigenvalue weighted by Crippen LogP contribution is 2.18. The van der Waals surface area contributed by atoms with Crippen LogP contribution in [0.3, 0.4) is 0 Å². The van der Waals surface area contributed by atoms with E-state index in [4.69, 9.17) is 0 Å². The Balaban J connectivity index is 2.18. The van der Waals surface area contributed by atoms with Gasteiger partial charge in [-0.3, -0.25) is 4.79 Å². The molecule has 0 aromatic heterocycles. The third kappa shape index (κ3) is 5.14. The molecule has 0 saturated heterocycles. The summed E-state index contributed by atoms with van der Waals surface area (Å²) in [6.07, 6.45) is 0.812. The van der Waals surface area contributed by atoms with E-state index in [1.54, 1.807) is 20.8 Å². The summed E-state index contributed by atoms with van der Waals surface area (Å²) in [4.78, 5) is 12.5. The molecule has 2 aromatic rings. The van der Waals surface area contributed by atoms with E-state index >= 15 is 0 Å². The van der Waals surface area contributed by atoms with Gasteiger partial charge in [-0.15, -0.1) is 0 Å². The number of nitrogens with one attached hydrogen (secondary N) is 2. The van der Waals surface area contributed by atoms with E-state index in [1.165, 1.54) is 24.3 Å². The zero-order valence-corrected chi connectivity index (χ0v) is 15.8. The van der Waals surface area contributed by atoms with E-state index < -0.39 is 15.6 Å². The van der Waals surface area contributed by atoms with Gasteiger partial charge in [0.2, 0.25) is 10.0 Å². The molecule has 5 nitrogen and oxygen atoms in total. The summed E-state index contributed by atoms with van der Waals surface area (Å²) in [6.45, 7) is 7.35. The molecule has 2 N–H and O–H groups in total. The molecule has 0 aliphatic heterocycles. The number of carbonyl (C=O) groups excluding carboxylic acids is 1. The third-order valence-corrected chi connectivity index (χ3v) is 5.29. The molecule has 0 saturated carbocycles. The van der Waals surface area contributed by atoms with Gasteiger partial charge in [0.15, 0.2) is 0 Å². The standard InChI is InChI=1S/C19H24N2O3S/c1-5-14-8-6-7-9-17(14)20-18(22)15-10-12-16(13-11-15)25(23,24)21-19(2,3)4/h6-13,21H,5H2,1-4H3,(H,20,22). The van der Waals surface area contributed by atoms with Gasteiger partial charge in [-0.1, -0.05) is 25.1 Å². The van der Waals surface area contributed by atoms with Gasteiger partial charge in [0.25, 0.3) is 5.91 Å². The lowest BCUT2D eigenvalue weighted by atomic mass is 10.1. The van der Waals surface area contributed by atoms with Gasteiger partial charge in [-0.2, -0.15) is 0 Å². The van der Waals surface area contributed by atoms with Crippen LogP contribution in [0, 0.1) is 0 Å². The van der Waals surface area contributed by atoms with Crippen molar-refractivity contribution in [1.29, 1.82) is 0 Å². The number of benzene rings is 2. The van der Waals surface area contributed by atoms with Crippen LogP contribution in [0.25, 0.3) is 0 Å². The number of rotatable bonds is 5. The molecule has 6 heteroatoms. The molecule has 2 aromatic carbocycles. The average Bonchev–Trinajstić information content (AvgIpc) is 2.53. The highest BCUT2D eigenvalue weighted by molar-refractivity contribution is 7.89. The minimum Gasteiger partial charge on any atom is -0.322 e. The summed E-state index contributed by atoms with van der Waals surface area (Å²) in [7, 11) is -3.61. The maximum atomic E-state index is 12.4. The van der Waals surface area contributed by atoms with Crippen molar-refractivity contribution >= 4 is 21.6 Å². The SMILES string of the molecule is CCc1ccccc1NC(=O)c1ccc(S(=O)(=O)NC(C)(C)C)cc1. The van der Waals surface area contributed by atoms with Crippen molar-refractivity contribution < 1.29 is 13.2 Å². The maximum Gasteiger partial charge on any atom is 0.255 e. The van der Waals surface area contributed by atoms with Gasteiger partial charge in [-0.05, 0) is 63.1 Å². The molecule has 0 heterocycles. The fourth-order valence-corrected chi connectivity index (χ4v) is 3.81. The first kappa shape index (κ1) is 19.1. The Morgan fingerprint density at radius 1 is 1.00 bits per heavy atom. The lowest BCUT2D eigenvalue weighted by Crippen LogP contribution is -2.40. The summed E-state index contributed by atoms with van der Waals surface area (Å²) >= 11 is 0. The van der Waals surface area contributed by atoms with Gasteiger partial charge >= 0.3 is 0 Å². The van der Waals surface area contributed by atoms with Gasteiger partial charge in [-0.25, -0.2) is 13.1 Å². The van der Waals surface area contributed by atoms with Crippen molar-refractivity contribution in [2.24, 2.45) is 0 Å². The number of hydrogen-bond acceptors (Lipinski definition) is 3. The molecule has 0 radical (unpaired) electrons. The molecule has 134 valence electrons. The Morgan fingerprint density at radius 3 is 2.16 bits per heavy atom. The average molecular weight is 360 g/mol. The molecule has 2 rings (SSSR count). The van der Waals surface area contributed by atoms with Gasteiger partial charge in [0.1, 0.15) is 0 Å². The van der Waals surface area contributed by atoms with Gasteiger partial charge in [0, 0.05) is 16.8 Å². The Labute approximate surface area is 149 Å². The number of carbonyl (C=O) groups is 1. The van der Waals surface area contributed by atoms with E-state index in [1.807, 2.05) is 31.2 Å². The van der Waals surface area contributed by atoms with E-state index in [2.05, 4.69) is 10.0 Å². The zero-order valence-electron chi connectivity index (χ0n) is 15.0. The Bertz CT molecular complexity index is 851. The Kier molecular flexibility index (Phi) is 5.65. The summed E-state index contributed by atoms with van der Waals surface area (Å²) in [5.41, 5.74) is 1.64. The number of sulfonamides is 1. The Morgan fingerprint density at radius 2 is 1.60 bits per heavy atom. The second kappa shape index (κ2) is 7.37. The lowest BCUT2D eigenvalue weighted by molar-refractivity contribution is 0.102. The fourth-order valence-electron chi connectivity index (χ4n) is 2.39. The molecule has 25 heavy (non-hydrogen) atoms. The lowest BCUT2D eigenvalue weighted by Gasteiger charge is -2.20. The summed E-state index contributed by atoms with van der Waals surface area (Å²) < 4.78 is 27.2. The van der Waals surface area contributed by atoms with Crippen LogP contribution < -0.4 is 10.0 Å². The summed E-state index contributed by atoms with van der Waals surface area (Å²) in [5.74, 6) is -0.270. The van der Waals surface area contributed by atoms with E-state index in [-0.39, 0.29) is 10.8 Å². The molecule has 1 amide bonds. The number of amides is 1. The second-order valence-corrected chi connectivity index (χ2v) is 8.53. The van der Waals surface area contributed by atoms with Crippen LogP contribution >= 0.6 is 0 Å². The van der Waals surface area contributed by atoms with Gasteiger partial charge in [0.05, 0.1) is 4.90 Å². The topological polar surface area (TPSA) is 75.3 Å². The minimum atomic E-state index is -3.61. The quantitative estimate of drug-likeness (QED) is 0.856. The van der Waals surface area contributed by atoms with Crippen LogP contribution in [-0.2, 0) is 16.4 Å². The maximum absolute atomic E-state index is 12.4. The predicted octanol–water partition coefficient (Wildman–Crippen LogP) is 3.58. The number of para-hydroxylation sites is 1. The van der Waals surface area contributed by atoms with Crippen molar-refractivity contribution in [3.8, 4) is 0 Å². The van der Waals surface area contributed by atoms with Crippen molar-refractivity contribution in [1.82, 2.24) is 4.72 Å². The smallest absolute Gasteiger partial charge is 0.255 e. The molecule has 0 bridgehead atoms. The largest absolute Gasteiger partial charge is 0.322 e. The van der Waals surface area contributed by atoms with Crippen LogP contribution in [0.2, 0.25) is 0 Å². The van der Waals surface area contributed by atoms with Crippen molar-refractivity contribution in [3.63, 3.8) is 0 Å². The minimum absolute atomic E-state index is 0.132. The third-order valence-electron chi connectivity index (χ3n) is 3.51. The highest BCUT2D eigenvalue weighted by Gasteiger charge is 2.22. The van der Waals surface area contributed by atoms with Gasteiger partial charge < -0.3 is 5.32 Å². The summed E-state index contributed by atoms with van der Waals surface area (Å²) in [6, 6.07) is 13.5. The first-order valence-corrected chi connectivity index (χ1v) is 9.64. The van der Waals surface area contributed by atoms with E-state index in [0.29, 0.717) is 5.56 Å². The predicted molar refractivity (Wildman–Crippen MR) is 100 cm³/mol. The molecule has 0 fully saturated rings. The molecule has 0 spiro atoms. The molecule has 0 aliphatic carbocycles. The van der Waals surface area contributed by atoms with Crippen molar-refractivity contribution in [3.05, 3.63) is 59.7 Å². The molecular weight excluding hydrogens is 336 g/mol. The number of hydrogen-bond donors (Lipinski definition) is 2. The Hall–Kier alpha value is -2.18. The number of aryl methyl sites for hydroxylation is 1. The van der Waals surface area contributed by atoms with Crippen LogP contribution in [0.1, 0.15) is 43.6 Å². The van der Waals surface area contributed by atoms with Crippen LogP contribution in [0.15, 0.2) is 53.4 Å². The van der Waals surface area contributed by atoms with Crippen molar-refractivity contribution in [2.45, 2.75) is 44.6 Å². The molecule has 0 aliphatic rings. The first-order chi connectivity index (χ1) is 11.6.